The van der Waals surface area contributed by atoms with E-state index in [1.54, 1.807) is 0 Å². The minimum atomic E-state index is 0.183. The van der Waals surface area contributed by atoms with Gasteiger partial charge in [0.1, 0.15) is 5.01 Å². The van der Waals surface area contributed by atoms with Gasteiger partial charge in [-0.3, -0.25) is 9.88 Å². The lowest BCUT2D eigenvalue weighted by atomic mass is 9.96. The van der Waals surface area contributed by atoms with E-state index in [1.807, 2.05) is 36.0 Å². The molecule has 1 saturated heterocycles. The van der Waals surface area contributed by atoms with Crippen LogP contribution in [0.1, 0.15) is 42.3 Å². The normalized spacial score (nSPS) is 20.2. The first-order valence-electron chi connectivity index (χ1n) is 7.84. The van der Waals surface area contributed by atoms with Crippen molar-refractivity contribution in [2.75, 3.05) is 19.6 Å². The summed E-state index contributed by atoms with van der Waals surface area (Å²) in [6.07, 6.45) is 5.86. The first kappa shape index (κ1) is 15.6. The van der Waals surface area contributed by atoms with Crippen molar-refractivity contribution < 1.29 is 0 Å². The zero-order valence-electron chi connectivity index (χ0n) is 13.5. The minimum Gasteiger partial charge on any atom is -0.314 e. The highest BCUT2D eigenvalue weighted by Crippen LogP contribution is 2.30. The van der Waals surface area contributed by atoms with Gasteiger partial charge >= 0.3 is 0 Å². The Morgan fingerprint density at radius 2 is 2.23 bits per heavy atom. The number of piperazine rings is 1. The van der Waals surface area contributed by atoms with E-state index < -0.39 is 0 Å². The van der Waals surface area contributed by atoms with Gasteiger partial charge in [0, 0.05) is 49.1 Å². The number of hydrogen-bond donors (Lipinski definition) is 1. The smallest absolute Gasteiger partial charge is 0.107 e. The highest BCUT2D eigenvalue weighted by atomic mass is 32.1. The molecule has 0 saturated carbocycles. The summed E-state index contributed by atoms with van der Waals surface area (Å²) < 4.78 is 0. The van der Waals surface area contributed by atoms with Gasteiger partial charge in [0.2, 0.25) is 0 Å². The molecule has 1 atom stereocenters. The van der Waals surface area contributed by atoms with Gasteiger partial charge in [-0.15, -0.1) is 11.3 Å². The van der Waals surface area contributed by atoms with Crippen LogP contribution >= 0.6 is 11.3 Å². The second-order valence-electron chi connectivity index (χ2n) is 6.85. The summed E-state index contributed by atoms with van der Waals surface area (Å²) >= 11 is 1.84. The summed E-state index contributed by atoms with van der Waals surface area (Å²) in [6, 6.07) is 4.56. The van der Waals surface area contributed by atoms with Gasteiger partial charge < -0.3 is 5.32 Å². The molecule has 2 aromatic rings. The van der Waals surface area contributed by atoms with E-state index in [9.17, 15) is 0 Å². The van der Waals surface area contributed by atoms with E-state index in [0.29, 0.717) is 6.04 Å². The van der Waals surface area contributed by atoms with E-state index in [2.05, 4.69) is 47.0 Å². The Morgan fingerprint density at radius 1 is 1.36 bits per heavy atom. The van der Waals surface area contributed by atoms with Crippen molar-refractivity contribution in [1.82, 2.24) is 20.2 Å². The Labute approximate surface area is 136 Å². The van der Waals surface area contributed by atoms with Gasteiger partial charge in [-0.25, -0.2) is 4.98 Å². The van der Waals surface area contributed by atoms with Crippen molar-refractivity contribution in [3.8, 4) is 0 Å². The fourth-order valence-electron chi connectivity index (χ4n) is 2.74. The van der Waals surface area contributed by atoms with Crippen molar-refractivity contribution in [3.63, 3.8) is 0 Å². The number of rotatable bonds is 3. The molecule has 0 aliphatic carbocycles. The summed E-state index contributed by atoms with van der Waals surface area (Å²) in [7, 11) is 0. The molecule has 118 valence electrons. The van der Waals surface area contributed by atoms with E-state index in [0.717, 1.165) is 26.2 Å². The van der Waals surface area contributed by atoms with Crippen LogP contribution < -0.4 is 5.32 Å². The Morgan fingerprint density at radius 3 is 2.91 bits per heavy atom. The number of hydrogen-bond acceptors (Lipinski definition) is 5. The van der Waals surface area contributed by atoms with Crippen LogP contribution in [0.25, 0.3) is 0 Å². The fraction of sp³-hybridized carbons (Fsp3) is 0.529. The largest absolute Gasteiger partial charge is 0.314 e. The number of aromatic nitrogens is 2. The molecule has 22 heavy (non-hydrogen) atoms. The van der Waals surface area contributed by atoms with Crippen LogP contribution in [0.5, 0.6) is 0 Å². The van der Waals surface area contributed by atoms with Crippen LogP contribution in [0.15, 0.2) is 30.7 Å². The lowest BCUT2D eigenvalue weighted by Crippen LogP contribution is -2.45. The molecular weight excluding hydrogens is 292 g/mol. The molecule has 0 amide bonds. The second-order valence-corrected chi connectivity index (χ2v) is 7.96. The van der Waals surface area contributed by atoms with Crippen molar-refractivity contribution in [1.29, 1.82) is 0 Å². The molecule has 3 rings (SSSR count). The molecule has 0 spiro atoms. The van der Waals surface area contributed by atoms with E-state index in [-0.39, 0.29) is 5.41 Å². The molecule has 2 aromatic heterocycles. The molecule has 1 aliphatic heterocycles. The number of thiazole rings is 1. The van der Waals surface area contributed by atoms with E-state index in [4.69, 9.17) is 0 Å². The molecule has 5 heteroatoms. The fourth-order valence-corrected chi connectivity index (χ4v) is 3.74. The third-order valence-corrected chi connectivity index (χ3v) is 5.46. The summed E-state index contributed by atoms with van der Waals surface area (Å²) in [5.41, 5.74) is 1.46. The van der Waals surface area contributed by atoms with Crippen LogP contribution in [-0.4, -0.2) is 34.5 Å². The zero-order valence-corrected chi connectivity index (χ0v) is 14.4. The van der Waals surface area contributed by atoms with Crippen LogP contribution in [0.2, 0.25) is 0 Å². The summed E-state index contributed by atoms with van der Waals surface area (Å²) in [5.74, 6) is 0. The number of nitrogens with zero attached hydrogens (tertiary/aromatic N) is 3. The molecule has 0 radical (unpaired) electrons. The monoisotopic (exact) mass is 316 g/mol. The maximum absolute atomic E-state index is 4.65. The van der Waals surface area contributed by atoms with Crippen molar-refractivity contribution in [2.45, 2.75) is 38.8 Å². The summed E-state index contributed by atoms with van der Waals surface area (Å²) in [6.45, 7) is 10.7. The predicted molar refractivity (Wildman–Crippen MR) is 91.1 cm³/mol. The van der Waals surface area contributed by atoms with Gasteiger partial charge in [0.15, 0.2) is 0 Å². The Kier molecular flexibility index (Phi) is 4.57. The van der Waals surface area contributed by atoms with Crippen molar-refractivity contribution in [2.24, 2.45) is 0 Å². The third kappa shape index (κ3) is 3.54. The van der Waals surface area contributed by atoms with Gasteiger partial charge in [0.05, 0.1) is 6.54 Å². The van der Waals surface area contributed by atoms with Crippen LogP contribution in [0, 0.1) is 0 Å². The maximum Gasteiger partial charge on any atom is 0.107 e. The summed E-state index contributed by atoms with van der Waals surface area (Å²) in [4.78, 5) is 12.8. The first-order chi connectivity index (χ1) is 10.5. The minimum absolute atomic E-state index is 0.183. The number of nitrogens with one attached hydrogen (secondary N) is 1. The van der Waals surface area contributed by atoms with Crippen LogP contribution in [-0.2, 0) is 12.0 Å². The lowest BCUT2D eigenvalue weighted by Gasteiger charge is -2.35. The zero-order chi connectivity index (χ0) is 15.6. The molecule has 0 bridgehead atoms. The summed E-state index contributed by atoms with van der Waals surface area (Å²) in [5, 5.41) is 4.70. The van der Waals surface area contributed by atoms with Gasteiger partial charge in [-0.05, 0) is 17.0 Å². The van der Waals surface area contributed by atoms with Gasteiger partial charge in [-0.1, -0.05) is 26.8 Å². The molecule has 1 aliphatic rings. The number of pyridine rings is 1. The predicted octanol–water partition coefficient (Wildman–Crippen LogP) is 2.98. The average Bonchev–Trinajstić information content (AvgIpc) is 2.97. The lowest BCUT2D eigenvalue weighted by molar-refractivity contribution is 0.153. The highest BCUT2D eigenvalue weighted by Gasteiger charge is 2.25. The van der Waals surface area contributed by atoms with Gasteiger partial charge in [0.25, 0.3) is 0 Å². The first-order valence-corrected chi connectivity index (χ1v) is 8.65. The molecule has 1 unspecified atom stereocenters. The standard InChI is InChI=1S/C17H24N4S/c1-17(2,3)15-11-20-16(22-15)12-21-8-7-19-10-14(21)13-5-4-6-18-9-13/h4-6,9,11,14,19H,7-8,10,12H2,1-3H3. The quantitative estimate of drug-likeness (QED) is 0.945. The van der Waals surface area contributed by atoms with Crippen molar-refractivity contribution in [3.05, 3.63) is 46.2 Å². The molecule has 1 fully saturated rings. The molecule has 1 N–H and O–H groups in total. The SMILES string of the molecule is CC(C)(C)c1cnc(CN2CCNCC2c2cccnc2)s1. The van der Waals surface area contributed by atoms with E-state index >= 15 is 0 Å². The van der Waals surface area contributed by atoms with Gasteiger partial charge in [-0.2, -0.15) is 0 Å². The van der Waals surface area contributed by atoms with Crippen LogP contribution in [0.4, 0.5) is 0 Å². The Hall–Kier alpha value is -1.30. The molecule has 3 heterocycles. The van der Waals surface area contributed by atoms with E-state index in [1.165, 1.54) is 15.4 Å². The average molecular weight is 316 g/mol. The maximum atomic E-state index is 4.65. The van der Waals surface area contributed by atoms with Crippen LogP contribution in [0.3, 0.4) is 0 Å². The molecule has 0 aromatic carbocycles. The highest BCUT2D eigenvalue weighted by molar-refractivity contribution is 7.11. The third-order valence-electron chi connectivity index (χ3n) is 4.05. The Bertz CT molecular complexity index is 603. The van der Waals surface area contributed by atoms with Crippen molar-refractivity contribution >= 4 is 11.3 Å². The Balaban J connectivity index is 1.76. The molecular formula is C17H24N4S. The topological polar surface area (TPSA) is 41.1 Å². The molecule has 4 nitrogen and oxygen atoms in total. The second kappa shape index (κ2) is 6.44.